The molecule has 0 bridgehead atoms. The maximum Gasteiger partial charge on any atom is 0.291 e. The summed E-state index contributed by atoms with van der Waals surface area (Å²) in [5.41, 5.74) is 2.08. The number of hydrogen-bond acceptors (Lipinski definition) is 6. The minimum Gasteiger partial charge on any atom is -0.337 e. The molecule has 0 radical (unpaired) electrons. The Kier molecular flexibility index (Phi) is 5.40. The molecule has 1 saturated carbocycles. The van der Waals surface area contributed by atoms with E-state index in [0.717, 1.165) is 29.9 Å². The second kappa shape index (κ2) is 8.01. The smallest absolute Gasteiger partial charge is 0.291 e. The molecule has 8 nitrogen and oxygen atoms in total. The zero-order valence-electron chi connectivity index (χ0n) is 18.1. The Morgan fingerprint density at radius 3 is 2.57 bits per heavy atom. The third kappa shape index (κ3) is 3.99. The molecule has 1 fully saturated rings. The standard InChI is InChI=1S/C22H28N6O2/c1-12(2)16-8-6-7-9-17(16)28-14(5)23-20(26-28)21(29)24-18(13(3)4)22-25-19(27-30-22)15-10-11-15/h6-9,12-13,15,18H,10-11H2,1-5H3,(H,24,29). The van der Waals surface area contributed by atoms with Gasteiger partial charge in [0.1, 0.15) is 11.9 Å². The average molecular weight is 409 g/mol. The minimum absolute atomic E-state index is 0.0753. The first-order chi connectivity index (χ1) is 14.3. The molecule has 1 amide bonds. The minimum atomic E-state index is -0.396. The molecular formula is C22H28N6O2. The van der Waals surface area contributed by atoms with Crippen LogP contribution in [0.1, 0.15) is 92.1 Å². The highest BCUT2D eigenvalue weighted by Gasteiger charge is 2.32. The van der Waals surface area contributed by atoms with Gasteiger partial charge in [-0.15, -0.1) is 5.10 Å². The summed E-state index contributed by atoms with van der Waals surface area (Å²) >= 11 is 0. The first-order valence-corrected chi connectivity index (χ1v) is 10.5. The van der Waals surface area contributed by atoms with Crippen molar-refractivity contribution >= 4 is 5.91 Å². The van der Waals surface area contributed by atoms with Gasteiger partial charge in [0.2, 0.25) is 11.7 Å². The number of carbonyl (C=O) groups is 1. The summed E-state index contributed by atoms with van der Waals surface area (Å²) in [7, 11) is 0. The van der Waals surface area contributed by atoms with E-state index in [0.29, 0.717) is 23.6 Å². The van der Waals surface area contributed by atoms with Crippen LogP contribution in [0.5, 0.6) is 0 Å². The lowest BCUT2D eigenvalue weighted by atomic mass is 10.0. The number of rotatable bonds is 7. The van der Waals surface area contributed by atoms with Crippen LogP contribution in [0.3, 0.4) is 0 Å². The van der Waals surface area contributed by atoms with Gasteiger partial charge in [0, 0.05) is 5.92 Å². The van der Waals surface area contributed by atoms with Crippen molar-refractivity contribution < 1.29 is 9.32 Å². The van der Waals surface area contributed by atoms with E-state index in [4.69, 9.17) is 4.52 Å². The summed E-state index contributed by atoms with van der Waals surface area (Å²) in [5, 5.41) is 11.5. The number of amides is 1. The van der Waals surface area contributed by atoms with E-state index in [2.05, 4.69) is 45.5 Å². The van der Waals surface area contributed by atoms with E-state index < -0.39 is 6.04 Å². The molecule has 0 saturated heterocycles. The number of nitrogens with one attached hydrogen (secondary N) is 1. The Morgan fingerprint density at radius 2 is 1.90 bits per heavy atom. The lowest BCUT2D eigenvalue weighted by molar-refractivity contribution is 0.0903. The second-order valence-electron chi connectivity index (χ2n) is 8.57. The summed E-state index contributed by atoms with van der Waals surface area (Å²) in [6.45, 7) is 10.1. The van der Waals surface area contributed by atoms with E-state index in [-0.39, 0.29) is 17.6 Å². The quantitative estimate of drug-likeness (QED) is 0.632. The van der Waals surface area contributed by atoms with Crippen LogP contribution in [-0.2, 0) is 0 Å². The molecule has 1 unspecified atom stereocenters. The Bertz CT molecular complexity index is 1050. The molecule has 1 aliphatic rings. The summed E-state index contributed by atoms with van der Waals surface area (Å²) < 4.78 is 7.17. The molecule has 2 aromatic heterocycles. The maximum atomic E-state index is 13.0. The van der Waals surface area contributed by atoms with Crippen molar-refractivity contribution in [3.8, 4) is 5.69 Å². The van der Waals surface area contributed by atoms with E-state index >= 15 is 0 Å². The molecule has 8 heteroatoms. The normalized spacial score (nSPS) is 15.0. The van der Waals surface area contributed by atoms with Gasteiger partial charge < -0.3 is 9.84 Å². The zero-order chi connectivity index (χ0) is 21.4. The molecule has 4 rings (SSSR count). The Balaban J connectivity index is 1.58. The Labute approximate surface area is 176 Å². The lowest BCUT2D eigenvalue weighted by Gasteiger charge is -2.17. The van der Waals surface area contributed by atoms with Crippen molar-refractivity contribution in [2.45, 2.75) is 65.3 Å². The van der Waals surface area contributed by atoms with Crippen molar-refractivity contribution in [1.82, 2.24) is 30.2 Å². The van der Waals surface area contributed by atoms with E-state index in [1.807, 2.05) is 39.0 Å². The van der Waals surface area contributed by atoms with Gasteiger partial charge in [0.15, 0.2) is 5.82 Å². The van der Waals surface area contributed by atoms with Gasteiger partial charge in [-0.2, -0.15) is 4.98 Å². The first kappa shape index (κ1) is 20.3. The van der Waals surface area contributed by atoms with Gasteiger partial charge in [-0.1, -0.05) is 51.1 Å². The zero-order valence-corrected chi connectivity index (χ0v) is 18.1. The number of aromatic nitrogens is 5. The van der Waals surface area contributed by atoms with Gasteiger partial charge in [0.25, 0.3) is 5.91 Å². The third-order valence-electron chi connectivity index (χ3n) is 5.38. The first-order valence-electron chi connectivity index (χ1n) is 10.5. The van der Waals surface area contributed by atoms with E-state index in [1.54, 1.807) is 4.68 Å². The molecular weight excluding hydrogens is 380 g/mol. The number of nitrogens with zero attached hydrogens (tertiary/aromatic N) is 5. The number of benzene rings is 1. The molecule has 30 heavy (non-hydrogen) atoms. The van der Waals surface area contributed by atoms with Gasteiger partial charge in [0.05, 0.1) is 5.69 Å². The molecule has 158 valence electrons. The molecule has 0 aliphatic heterocycles. The van der Waals surface area contributed by atoms with Gasteiger partial charge >= 0.3 is 0 Å². The lowest BCUT2D eigenvalue weighted by Crippen LogP contribution is -2.32. The van der Waals surface area contributed by atoms with E-state index in [1.165, 1.54) is 0 Å². The fourth-order valence-corrected chi connectivity index (χ4v) is 3.48. The fourth-order valence-electron chi connectivity index (χ4n) is 3.48. The summed E-state index contributed by atoms with van der Waals surface area (Å²) in [6.07, 6.45) is 2.19. The Morgan fingerprint density at radius 1 is 1.17 bits per heavy atom. The van der Waals surface area contributed by atoms with Gasteiger partial charge in [-0.25, -0.2) is 9.67 Å². The predicted octanol–water partition coefficient (Wildman–Crippen LogP) is 4.09. The van der Waals surface area contributed by atoms with Crippen LogP contribution in [-0.4, -0.2) is 30.8 Å². The van der Waals surface area contributed by atoms with Crippen molar-refractivity contribution in [1.29, 1.82) is 0 Å². The summed E-state index contributed by atoms with van der Waals surface area (Å²) in [4.78, 5) is 21.9. The van der Waals surface area contributed by atoms with Crippen LogP contribution in [0.15, 0.2) is 28.8 Å². The van der Waals surface area contributed by atoms with Crippen LogP contribution >= 0.6 is 0 Å². The largest absolute Gasteiger partial charge is 0.337 e. The predicted molar refractivity (Wildman–Crippen MR) is 112 cm³/mol. The summed E-state index contributed by atoms with van der Waals surface area (Å²) in [6, 6.07) is 7.64. The highest BCUT2D eigenvalue weighted by Crippen LogP contribution is 2.38. The van der Waals surface area contributed by atoms with Crippen LogP contribution in [0.2, 0.25) is 0 Å². The number of hydrogen-bond donors (Lipinski definition) is 1. The van der Waals surface area contributed by atoms with Crippen LogP contribution in [0.4, 0.5) is 0 Å². The van der Waals surface area contributed by atoms with E-state index in [9.17, 15) is 4.79 Å². The van der Waals surface area contributed by atoms with Gasteiger partial charge in [-0.05, 0) is 43.2 Å². The molecule has 3 aromatic rings. The maximum absolute atomic E-state index is 13.0. The fraction of sp³-hybridized carbons (Fsp3) is 0.500. The Hall–Kier alpha value is -3.03. The highest BCUT2D eigenvalue weighted by molar-refractivity contribution is 5.90. The van der Waals surface area contributed by atoms with Crippen LogP contribution < -0.4 is 5.32 Å². The van der Waals surface area contributed by atoms with Crippen molar-refractivity contribution in [3.05, 3.63) is 53.2 Å². The third-order valence-corrected chi connectivity index (χ3v) is 5.38. The van der Waals surface area contributed by atoms with Gasteiger partial charge in [-0.3, -0.25) is 4.79 Å². The van der Waals surface area contributed by atoms with Crippen LogP contribution in [0.25, 0.3) is 5.69 Å². The molecule has 1 aliphatic carbocycles. The SMILES string of the molecule is Cc1nc(C(=O)NC(c2nc(C3CC3)no2)C(C)C)nn1-c1ccccc1C(C)C. The topological polar surface area (TPSA) is 98.7 Å². The number of para-hydroxylation sites is 1. The average Bonchev–Trinajstić information content (AvgIpc) is 3.32. The van der Waals surface area contributed by atoms with Crippen molar-refractivity contribution in [2.75, 3.05) is 0 Å². The number of carbonyl (C=O) groups excluding carboxylic acids is 1. The molecule has 0 spiro atoms. The molecule has 2 heterocycles. The highest BCUT2D eigenvalue weighted by atomic mass is 16.5. The molecule has 1 aromatic carbocycles. The molecule has 1 N–H and O–H groups in total. The van der Waals surface area contributed by atoms with Crippen molar-refractivity contribution in [2.24, 2.45) is 5.92 Å². The van der Waals surface area contributed by atoms with Crippen LogP contribution in [0, 0.1) is 12.8 Å². The summed E-state index contributed by atoms with van der Waals surface area (Å²) in [5.74, 6) is 2.38. The monoisotopic (exact) mass is 408 g/mol. The van der Waals surface area contributed by atoms with Crippen molar-refractivity contribution in [3.63, 3.8) is 0 Å². The molecule has 1 atom stereocenters. The number of aryl methyl sites for hydroxylation is 1. The second-order valence-corrected chi connectivity index (χ2v) is 8.57.